The number of hydrogen-bond donors (Lipinski definition) is 0. The third-order valence-electron chi connectivity index (χ3n) is 3.59. The lowest BCUT2D eigenvalue weighted by atomic mass is 9.91. The van der Waals surface area contributed by atoms with Crippen molar-refractivity contribution < 1.29 is 75.4 Å². The first-order chi connectivity index (χ1) is 12.9. The van der Waals surface area contributed by atoms with Crippen molar-refractivity contribution in [3.05, 3.63) is 0 Å². The van der Waals surface area contributed by atoms with E-state index in [2.05, 4.69) is 4.74 Å². The second kappa shape index (κ2) is 7.84. The summed E-state index contributed by atoms with van der Waals surface area (Å²) in [6, 6.07) is 0. The molecule has 0 amide bonds. The highest BCUT2D eigenvalue weighted by atomic mass is 19.4. The van der Waals surface area contributed by atoms with Gasteiger partial charge in [0.15, 0.2) is 0 Å². The van der Waals surface area contributed by atoms with Crippen LogP contribution >= 0.6 is 0 Å². The first-order valence-corrected chi connectivity index (χ1v) is 7.42. The molecule has 0 heterocycles. The summed E-state index contributed by atoms with van der Waals surface area (Å²) in [5.74, 6) is -51.7. The molecule has 0 saturated heterocycles. The lowest BCUT2D eigenvalue weighted by Gasteiger charge is -2.41. The highest BCUT2D eigenvalue weighted by molar-refractivity contribution is 5.79. The maximum absolute atomic E-state index is 13.4. The van der Waals surface area contributed by atoms with Crippen LogP contribution in [0.5, 0.6) is 0 Å². The molecule has 0 aliphatic carbocycles. The van der Waals surface area contributed by atoms with Crippen LogP contribution in [-0.2, 0) is 9.53 Å². The highest BCUT2D eigenvalue weighted by Gasteiger charge is 2.94. The number of carbonyl (C=O) groups excluding carboxylic acids is 1. The lowest BCUT2D eigenvalue weighted by molar-refractivity contribution is -0.450. The summed E-state index contributed by atoms with van der Waals surface area (Å²) >= 11 is 0. The summed E-state index contributed by atoms with van der Waals surface area (Å²) in [4.78, 5) is 11.0. The predicted molar refractivity (Wildman–Crippen MR) is 66.2 cm³/mol. The second-order valence-electron chi connectivity index (χ2n) is 5.95. The molecule has 0 fully saturated rings. The van der Waals surface area contributed by atoms with Crippen molar-refractivity contribution in [3.8, 4) is 0 Å². The Balaban J connectivity index is 6.39. The SMILES string of the molecule is CCCC(C)OC(=O)C(F)(F)C(F)(F)C(F)(F)C(F)(F)C(F)(F)C(F)(F)C(F)(F)F. The minimum Gasteiger partial charge on any atom is -0.458 e. The van der Waals surface area contributed by atoms with Gasteiger partial charge in [0, 0.05) is 0 Å². The molecule has 0 N–H and O–H groups in total. The van der Waals surface area contributed by atoms with Crippen molar-refractivity contribution in [2.45, 2.75) is 74.5 Å². The fourth-order valence-electron chi connectivity index (χ4n) is 1.82. The minimum atomic E-state index is -8.43. The van der Waals surface area contributed by atoms with Gasteiger partial charge < -0.3 is 4.74 Å². The third-order valence-corrected chi connectivity index (χ3v) is 3.59. The monoisotopic (exact) mass is 484 g/mol. The number of carbonyl (C=O) groups is 1. The zero-order chi connectivity index (χ0) is 24.8. The third kappa shape index (κ3) is 3.99. The van der Waals surface area contributed by atoms with E-state index in [0.717, 1.165) is 6.92 Å². The van der Waals surface area contributed by atoms with Crippen LogP contribution in [0.4, 0.5) is 65.9 Å². The maximum atomic E-state index is 13.4. The predicted octanol–water partition coefficient (Wildman–Crippen LogP) is 6.09. The second-order valence-corrected chi connectivity index (χ2v) is 5.95. The van der Waals surface area contributed by atoms with Gasteiger partial charge in [-0.05, 0) is 13.3 Å². The molecule has 0 aromatic rings. The van der Waals surface area contributed by atoms with E-state index in [1.807, 2.05) is 0 Å². The van der Waals surface area contributed by atoms with Crippen LogP contribution in [-0.4, -0.2) is 53.8 Å². The number of ether oxygens (including phenoxy) is 1. The van der Waals surface area contributed by atoms with Crippen molar-refractivity contribution in [2.24, 2.45) is 0 Å². The molecule has 1 unspecified atom stereocenters. The maximum Gasteiger partial charge on any atom is 0.460 e. The fraction of sp³-hybridized carbons (Fsp3) is 0.923. The Morgan fingerprint density at radius 2 is 1.00 bits per heavy atom. The van der Waals surface area contributed by atoms with Gasteiger partial charge in [0.2, 0.25) is 0 Å². The molecular formula is C13H11F15O2. The molecule has 0 aromatic heterocycles. The summed E-state index contributed by atoms with van der Waals surface area (Å²) in [5.41, 5.74) is 0. The van der Waals surface area contributed by atoms with Gasteiger partial charge >= 0.3 is 47.7 Å². The number of esters is 1. The van der Waals surface area contributed by atoms with Crippen LogP contribution in [0.1, 0.15) is 26.7 Å². The van der Waals surface area contributed by atoms with Crippen LogP contribution < -0.4 is 0 Å². The topological polar surface area (TPSA) is 26.3 Å². The molecule has 180 valence electrons. The molecule has 0 saturated carbocycles. The molecule has 1 atom stereocenters. The molecule has 17 heteroatoms. The van der Waals surface area contributed by atoms with E-state index in [-0.39, 0.29) is 12.8 Å². The van der Waals surface area contributed by atoms with Crippen molar-refractivity contribution in [1.82, 2.24) is 0 Å². The Kier molecular flexibility index (Phi) is 7.42. The van der Waals surface area contributed by atoms with Gasteiger partial charge in [0.05, 0.1) is 6.10 Å². The van der Waals surface area contributed by atoms with Crippen LogP contribution in [0.25, 0.3) is 0 Å². The molecule has 0 radical (unpaired) electrons. The Morgan fingerprint density at radius 3 is 1.33 bits per heavy atom. The number of alkyl halides is 15. The minimum absolute atomic E-state index is 0.0311. The molecule has 0 aromatic carbocycles. The summed E-state index contributed by atoms with van der Waals surface area (Å²) in [6.45, 7) is 2.08. The van der Waals surface area contributed by atoms with E-state index in [9.17, 15) is 70.7 Å². The Bertz CT molecular complexity index is 623. The number of halogens is 15. The summed E-state index contributed by atoms with van der Waals surface area (Å²) in [5, 5.41) is 0. The van der Waals surface area contributed by atoms with Gasteiger partial charge in [-0.2, -0.15) is 65.9 Å². The molecule has 0 bridgehead atoms. The first kappa shape index (κ1) is 28.4. The summed E-state index contributed by atoms with van der Waals surface area (Å²) in [7, 11) is 0. The van der Waals surface area contributed by atoms with Crippen LogP contribution in [0.3, 0.4) is 0 Å². The van der Waals surface area contributed by atoms with E-state index in [0.29, 0.717) is 0 Å². The molecule has 0 aliphatic heterocycles. The van der Waals surface area contributed by atoms with Gasteiger partial charge in [0.25, 0.3) is 0 Å². The molecular weight excluding hydrogens is 473 g/mol. The van der Waals surface area contributed by atoms with Crippen LogP contribution in [0, 0.1) is 0 Å². The molecule has 0 spiro atoms. The van der Waals surface area contributed by atoms with Crippen LogP contribution in [0.15, 0.2) is 0 Å². The Morgan fingerprint density at radius 1 is 0.667 bits per heavy atom. The van der Waals surface area contributed by atoms with Gasteiger partial charge in [-0.25, -0.2) is 4.79 Å². The van der Waals surface area contributed by atoms with E-state index in [1.54, 1.807) is 0 Å². The Hall–Kier alpha value is -1.58. The smallest absolute Gasteiger partial charge is 0.458 e. The van der Waals surface area contributed by atoms with Crippen molar-refractivity contribution in [3.63, 3.8) is 0 Å². The first-order valence-electron chi connectivity index (χ1n) is 7.42. The van der Waals surface area contributed by atoms with Crippen molar-refractivity contribution in [1.29, 1.82) is 0 Å². The summed E-state index contributed by atoms with van der Waals surface area (Å²) < 4.78 is 198. The fourth-order valence-corrected chi connectivity index (χ4v) is 1.82. The standard InChI is InChI=1S/C13H11F15O2/c1-3-4-5(2)30-6(29)7(14,15)8(16,17)9(18,19)10(20,21)11(22,23)12(24,25)13(26,27)28/h5H,3-4H2,1-2H3. The van der Waals surface area contributed by atoms with Crippen LogP contribution in [0.2, 0.25) is 0 Å². The van der Waals surface area contributed by atoms with E-state index in [4.69, 9.17) is 0 Å². The molecule has 0 rings (SSSR count). The van der Waals surface area contributed by atoms with E-state index >= 15 is 0 Å². The van der Waals surface area contributed by atoms with Crippen molar-refractivity contribution in [2.75, 3.05) is 0 Å². The van der Waals surface area contributed by atoms with Gasteiger partial charge in [-0.1, -0.05) is 13.3 Å². The quantitative estimate of drug-likeness (QED) is 0.293. The van der Waals surface area contributed by atoms with Gasteiger partial charge in [-0.3, -0.25) is 0 Å². The van der Waals surface area contributed by atoms with Gasteiger partial charge in [-0.15, -0.1) is 0 Å². The average molecular weight is 484 g/mol. The van der Waals surface area contributed by atoms with Crippen molar-refractivity contribution >= 4 is 5.97 Å². The number of rotatable bonds is 9. The average Bonchev–Trinajstić information content (AvgIpc) is 2.52. The number of hydrogen-bond acceptors (Lipinski definition) is 2. The van der Waals surface area contributed by atoms with E-state index < -0.39 is 53.8 Å². The lowest BCUT2D eigenvalue weighted by Crippen LogP contribution is -2.73. The molecule has 0 aliphatic rings. The normalized spacial score (nSPS) is 16.4. The largest absolute Gasteiger partial charge is 0.460 e. The summed E-state index contributed by atoms with van der Waals surface area (Å²) in [6.07, 6.45) is -9.70. The molecule has 2 nitrogen and oxygen atoms in total. The van der Waals surface area contributed by atoms with E-state index in [1.165, 1.54) is 6.92 Å². The Labute approximate surface area is 157 Å². The highest BCUT2D eigenvalue weighted by Crippen LogP contribution is 2.62. The molecule has 30 heavy (non-hydrogen) atoms. The zero-order valence-corrected chi connectivity index (χ0v) is 14.5. The van der Waals surface area contributed by atoms with Gasteiger partial charge in [0.1, 0.15) is 0 Å². The zero-order valence-electron chi connectivity index (χ0n) is 14.5.